The van der Waals surface area contributed by atoms with E-state index in [1.165, 1.54) is 25.3 Å². The zero-order valence-corrected chi connectivity index (χ0v) is 16.1. The topological polar surface area (TPSA) is 89.9 Å². The van der Waals surface area contributed by atoms with Crippen LogP contribution in [-0.4, -0.2) is 27.6 Å². The van der Waals surface area contributed by atoms with Crippen LogP contribution in [0.5, 0.6) is 11.5 Å². The second-order valence-corrected chi connectivity index (χ2v) is 6.89. The summed E-state index contributed by atoms with van der Waals surface area (Å²) >= 11 is -2.20. The van der Waals surface area contributed by atoms with E-state index in [9.17, 15) is 18.4 Å². The second-order valence-electron chi connectivity index (χ2n) is 5.92. The normalized spacial score (nSPS) is 11.7. The molecule has 1 unspecified atom stereocenters. The van der Waals surface area contributed by atoms with E-state index < -0.39 is 17.0 Å². The Morgan fingerprint density at radius 1 is 1.11 bits per heavy atom. The molecular formula is C20H22O6S. The van der Waals surface area contributed by atoms with Crippen molar-refractivity contribution in [3.63, 3.8) is 0 Å². The maximum absolute atomic E-state index is 12.6. The summed E-state index contributed by atoms with van der Waals surface area (Å²) in [5, 5.41) is 0. The minimum absolute atomic E-state index is 0.0617. The lowest BCUT2D eigenvalue weighted by atomic mass is 10.0. The standard InChI is InChI=1S/C20H22O6S/c1-3-4-5-20(22)26-19-11-10-17(27(23)24)12-15(19)13-18(21)14-6-8-16(25-2)9-7-14/h6-12H,3-5,13H2,1-2H3,(H,23,24). The Labute approximate surface area is 160 Å². The number of rotatable bonds is 9. The molecule has 1 N–H and O–H groups in total. The average Bonchev–Trinajstić information content (AvgIpc) is 2.67. The number of benzene rings is 2. The first kappa shape index (κ1) is 20.8. The van der Waals surface area contributed by atoms with Crippen molar-refractivity contribution in [3.8, 4) is 11.5 Å². The molecule has 6 nitrogen and oxygen atoms in total. The molecule has 0 aromatic heterocycles. The molecule has 1 atom stereocenters. The summed E-state index contributed by atoms with van der Waals surface area (Å²) in [4.78, 5) is 24.7. The van der Waals surface area contributed by atoms with E-state index in [1.54, 1.807) is 24.3 Å². The first-order chi connectivity index (χ1) is 12.9. The van der Waals surface area contributed by atoms with Crippen LogP contribution < -0.4 is 9.47 Å². The zero-order chi connectivity index (χ0) is 19.8. The maximum atomic E-state index is 12.6. The van der Waals surface area contributed by atoms with Crippen LogP contribution in [0.4, 0.5) is 0 Å². The van der Waals surface area contributed by atoms with Crippen LogP contribution in [-0.2, 0) is 22.3 Å². The van der Waals surface area contributed by atoms with Crippen LogP contribution in [0.1, 0.15) is 42.1 Å². The Hall–Kier alpha value is -2.51. The summed E-state index contributed by atoms with van der Waals surface area (Å²) < 4.78 is 31.1. The van der Waals surface area contributed by atoms with Gasteiger partial charge in [-0.2, -0.15) is 0 Å². The number of carbonyl (C=O) groups is 2. The number of Topliss-reactive ketones (excluding diaryl/α,β-unsaturated/α-hetero) is 1. The van der Waals surface area contributed by atoms with Crippen LogP contribution in [0.25, 0.3) is 0 Å². The number of unbranched alkanes of at least 4 members (excludes halogenated alkanes) is 1. The van der Waals surface area contributed by atoms with Gasteiger partial charge in [0.15, 0.2) is 16.9 Å². The van der Waals surface area contributed by atoms with E-state index in [2.05, 4.69) is 0 Å². The molecule has 144 valence electrons. The van der Waals surface area contributed by atoms with Gasteiger partial charge < -0.3 is 14.0 Å². The summed E-state index contributed by atoms with van der Waals surface area (Å²) in [7, 11) is 1.54. The Morgan fingerprint density at radius 2 is 1.81 bits per heavy atom. The Bertz CT molecular complexity index is 829. The zero-order valence-electron chi connectivity index (χ0n) is 15.3. The highest BCUT2D eigenvalue weighted by atomic mass is 32.2. The molecule has 0 heterocycles. The van der Waals surface area contributed by atoms with Gasteiger partial charge in [-0.15, -0.1) is 0 Å². The molecule has 0 saturated carbocycles. The van der Waals surface area contributed by atoms with Gasteiger partial charge in [-0.1, -0.05) is 13.3 Å². The van der Waals surface area contributed by atoms with Gasteiger partial charge in [-0.25, -0.2) is 4.21 Å². The monoisotopic (exact) mass is 390 g/mol. The molecule has 2 aromatic carbocycles. The molecule has 0 aliphatic heterocycles. The predicted molar refractivity (Wildman–Crippen MR) is 102 cm³/mol. The number of esters is 1. The average molecular weight is 390 g/mol. The summed E-state index contributed by atoms with van der Waals surface area (Å²) in [6.45, 7) is 1.97. The van der Waals surface area contributed by atoms with Crippen molar-refractivity contribution in [2.24, 2.45) is 0 Å². The molecule has 0 radical (unpaired) electrons. The molecule has 0 bridgehead atoms. The minimum atomic E-state index is -2.20. The van der Waals surface area contributed by atoms with Crippen molar-refractivity contribution >= 4 is 22.8 Å². The fraction of sp³-hybridized carbons (Fsp3) is 0.300. The van der Waals surface area contributed by atoms with Crippen LogP contribution in [0.3, 0.4) is 0 Å². The largest absolute Gasteiger partial charge is 0.497 e. The molecule has 7 heteroatoms. The molecule has 2 aromatic rings. The molecule has 2 rings (SSSR count). The number of hydrogen-bond acceptors (Lipinski definition) is 5. The van der Waals surface area contributed by atoms with Crippen LogP contribution in [0.15, 0.2) is 47.4 Å². The first-order valence-corrected chi connectivity index (χ1v) is 9.67. The molecule has 0 saturated heterocycles. The van der Waals surface area contributed by atoms with E-state index in [0.717, 1.165) is 6.42 Å². The van der Waals surface area contributed by atoms with E-state index in [-0.39, 0.29) is 29.3 Å². The lowest BCUT2D eigenvalue weighted by Gasteiger charge is -2.11. The summed E-state index contributed by atoms with van der Waals surface area (Å²) in [6.07, 6.45) is 1.78. The van der Waals surface area contributed by atoms with Crippen molar-refractivity contribution in [1.82, 2.24) is 0 Å². The maximum Gasteiger partial charge on any atom is 0.311 e. The van der Waals surface area contributed by atoms with E-state index >= 15 is 0 Å². The molecule has 0 amide bonds. The lowest BCUT2D eigenvalue weighted by molar-refractivity contribution is -0.134. The highest BCUT2D eigenvalue weighted by molar-refractivity contribution is 7.79. The van der Waals surface area contributed by atoms with E-state index in [0.29, 0.717) is 23.3 Å². The van der Waals surface area contributed by atoms with Crippen molar-refractivity contribution in [3.05, 3.63) is 53.6 Å². The summed E-state index contributed by atoms with van der Waals surface area (Å²) in [5.74, 6) is 0.263. The van der Waals surface area contributed by atoms with Gasteiger partial charge in [0.1, 0.15) is 11.5 Å². The quantitative estimate of drug-likeness (QED) is 0.303. The summed E-state index contributed by atoms with van der Waals surface area (Å²) in [5.41, 5.74) is 0.857. The SMILES string of the molecule is CCCCC(=O)Oc1ccc(S(=O)O)cc1CC(=O)c1ccc(OC)cc1. The van der Waals surface area contributed by atoms with E-state index in [4.69, 9.17) is 9.47 Å². The van der Waals surface area contributed by atoms with Crippen LogP contribution in [0.2, 0.25) is 0 Å². The fourth-order valence-corrected chi connectivity index (χ4v) is 2.88. The van der Waals surface area contributed by atoms with Crippen molar-refractivity contribution < 1.29 is 27.8 Å². The predicted octanol–water partition coefficient (Wildman–Crippen LogP) is 3.80. The van der Waals surface area contributed by atoms with Crippen molar-refractivity contribution in [1.29, 1.82) is 0 Å². The first-order valence-electron chi connectivity index (χ1n) is 8.56. The van der Waals surface area contributed by atoms with Gasteiger partial charge in [-0.3, -0.25) is 9.59 Å². The van der Waals surface area contributed by atoms with Gasteiger partial charge in [0, 0.05) is 24.0 Å². The van der Waals surface area contributed by atoms with Crippen LogP contribution >= 0.6 is 0 Å². The third kappa shape index (κ3) is 6.01. The number of ketones is 1. The molecule has 0 aliphatic carbocycles. The van der Waals surface area contributed by atoms with Crippen LogP contribution in [0, 0.1) is 0 Å². The van der Waals surface area contributed by atoms with Gasteiger partial charge in [0.2, 0.25) is 0 Å². The third-order valence-electron chi connectivity index (χ3n) is 3.95. The Morgan fingerprint density at radius 3 is 2.41 bits per heavy atom. The van der Waals surface area contributed by atoms with Gasteiger partial charge in [0.25, 0.3) is 0 Å². The molecule has 0 fully saturated rings. The number of carbonyl (C=O) groups excluding carboxylic acids is 2. The minimum Gasteiger partial charge on any atom is -0.497 e. The molecule has 27 heavy (non-hydrogen) atoms. The Kier molecular flexibility index (Phi) is 7.69. The van der Waals surface area contributed by atoms with Gasteiger partial charge >= 0.3 is 5.97 Å². The second kappa shape index (κ2) is 9.99. The number of hydrogen-bond donors (Lipinski definition) is 1. The van der Waals surface area contributed by atoms with Crippen molar-refractivity contribution in [2.45, 2.75) is 37.5 Å². The third-order valence-corrected chi connectivity index (χ3v) is 4.61. The fourth-order valence-electron chi connectivity index (χ4n) is 2.45. The number of methoxy groups -OCH3 is 1. The highest BCUT2D eigenvalue weighted by Gasteiger charge is 2.16. The van der Waals surface area contributed by atoms with E-state index in [1.807, 2.05) is 6.92 Å². The number of ether oxygens (including phenoxy) is 2. The molecular weight excluding hydrogens is 368 g/mol. The molecule has 0 spiro atoms. The smallest absolute Gasteiger partial charge is 0.311 e. The molecule has 0 aliphatic rings. The lowest BCUT2D eigenvalue weighted by Crippen LogP contribution is -2.11. The van der Waals surface area contributed by atoms with Crippen molar-refractivity contribution in [2.75, 3.05) is 7.11 Å². The summed E-state index contributed by atoms with van der Waals surface area (Å²) in [6, 6.07) is 10.9. The van der Waals surface area contributed by atoms with Gasteiger partial charge in [-0.05, 0) is 48.9 Å². The highest BCUT2D eigenvalue weighted by Crippen LogP contribution is 2.25. The Balaban J connectivity index is 2.25. The van der Waals surface area contributed by atoms with Gasteiger partial charge in [0.05, 0.1) is 12.0 Å².